The van der Waals surface area contributed by atoms with Crippen molar-refractivity contribution in [1.29, 1.82) is 0 Å². The van der Waals surface area contributed by atoms with Gasteiger partial charge in [0, 0.05) is 32.3 Å². The molecule has 0 aromatic carbocycles. The first-order chi connectivity index (χ1) is 12.3. The highest BCUT2D eigenvalue weighted by molar-refractivity contribution is 5.93. The summed E-state index contributed by atoms with van der Waals surface area (Å²) in [7, 11) is 1.71. The predicted molar refractivity (Wildman–Crippen MR) is 89.4 cm³/mol. The third kappa shape index (κ3) is 3.34. The number of nitrogens with one attached hydrogen (secondary N) is 1. The number of carbonyl (C=O) groups excluding carboxylic acids is 1. The summed E-state index contributed by atoms with van der Waals surface area (Å²) < 4.78 is 10.9. The van der Waals surface area contributed by atoms with Crippen LogP contribution in [-0.4, -0.2) is 53.2 Å². The summed E-state index contributed by atoms with van der Waals surface area (Å²) >= 11 is 0. The number of ether oxygens (including phenoxy) is 1. The fraction of sp³-hybridized carbons (Fsp3) is 0.529. The number of oxazole rings is 1. The summed E-state index contributed by atoms with van der Waals surface area (Å²) in [5, 5.41) is 2.99. The molecule has 2 aromatic heterocycles. The van der Waals surface area contributed by atoms with Gasteiger partial charge in [0.2, 0.25) is 0 Å². The average molecular weight is 343 g/mol. The lowest BCUT2D eigenvalue weighted by Crippen LogP contribution is -2.40. The maximum absolute atomic E-state index is 12.5. The maximum Gasteiger partial charge on any atom is 0.273 e. The highest BCUT2D eigenvalue weighted by Gasteiger charge is 2.35. The van der Waals surface area contributed by atoms with Crippen LogP contribution in [0.3, 0.4) is 0 Å². The van der Waals surface area contributed by atoms with Crippen LogP contribution in [0.15, 0.2) is 29.4 Å². The van der Waals surface area contributed by atoms with Gasteiger partial charge in [-0.05, 0) is 25.3 Å². The SMILES string of the molecule is CO[C@@H]1C[C@H](CNC(=O)c2ncoc2C2CC2)N(c2ccncn2)C1. The summed E-state index contributed by atoms with van der Waals surface area (Å²) in [6.07, 6.45) is 7.68. The minimum atomic E-state index is -0.181. The van der Waals surface area contributed by atoms with Crippen LogP contribution < -0.4 is 10.2 Å². The van der Waals surface area contributed by atoms with Crippen molar-refractivity contribution in [3.63, 3.8) is 0 Å². The van der Waals surface area contributed by atoms with Crippen LogP contribution in [0, 0.1) is 0 Å². The van der Waals surface area contributed by atoms with Crippen molar-refractivity contribution in [3.05, 3.63) is 36.4 Å². The third-order valence-electron chi connectivity index (χ3n) is 4.83. The minimum Gasteiger partial charge on any atom is -0.447 e. The number of nitrogens with zero attached hydrogens (tertiary/aromatic N) is 4. The molecule has 0 radical (unpaired) electrons. The first-order valence-corrected chi connectivity index (χ1v) is 8.53. The van der Waals surface area contributed by atoms with Gasteiger partial charge in [-0.3, -0.25) is 4.79 Å². The molecule has 8 nitrogen and oxygen atoms in total. The summed E-state index contributed by atoms with van der Waals surface area (Å²) in [6.45, 7) is 1.24. The van der Waals surface area contributed by atoms with E-state index in [0.717, 1.165) is 31.6 Å². The van der Waals surface area contributed by atoms with Gasteiger partial charge in [-0.2, -0.15) is 0 Å². The smallest absolute Gasteiger partial charge is 0.273 e. The van der Waals surface area contributed by atoms with Gasteiger partial charge in [0.25, 0.3) is 5.91 Å². The largest absolute Gasteiger partial charge is 0.447 e. The van der Waals surface area contributed by atoms with E-state index < -0.39 is 0 Å². The van der Waals surface area contributed by atoms with Crippen LogP contribution in [-0.2, 0) is 4.74 Å². The Hall–Kier alpha value is -2.48. The molecule has 3 heterocycles. The molecule has 2 aromatic rings. The maximum atomic E-state index is 12.5. The van der Waals surface area contributed by atoms with E-state index >= 15 is 0 Å². The topological polar surface area (TPSA) is 93.4 Å². The Labute approximate surface area is 145 Å². The Bertz CT molecular complexity index is 731. The van der Waals surface area contributed by atoms with E-state index in [9.17, 15) is 4.79 Å². The highest BCUT2D eigenvalue weighted by atomic mass is 16.5. The summed E-state index contributed by atoms with van der Waals surface area (Å²) in [6, 6.07) is 1.98. The van der Waals surface area contributed by atoms with Crippen molar-refractivity contribution in [3.8, 4) is 0 Å². The fourth-order valence-electron chi connectivity index (χ4n) is 3.33. The monoisotopic (exact) mass is 343 g/mol. The van der Waals surface area contributed by atoms with Crippen molar-refractivity contribution >= 4 is 11.7 Å². The van der Waals surface area contributed by atoms with E-state index in [4.69, 9.17) is 9.15 Å². The van der Waals surface area contributed by atoms with Gasteiger partial charge < -0.3 is 19.4 Å². The lowest BCUT2D eigenvalue weighted by atomic mass is 10.2. The Morgan fingerprint density at radius 2 is 2.32 bits per heavy atom. The van der Waals surface area contributed by atoms with Gasteiger partial charge in [-0.25, -0.2) is 15.0 Å². The standard InChI is InChI=1S/C17H21N5O3/c1-24-13-6-12(22(8-13)14-4-5-18-9-20-14)7-19-17(23)15-16(11-2-3-11)25-10-21-15/h4-5,9-13H,2-3,6-8H2,1H3,(H,19,23)/t12-,13-/m1/s1. The van der Waals surface area contributed by atoms with E-state index in [0.29, 0.717) is 23.9 Å². The molecule has 2 aliphatic rings. The normalized spacial score (nSPS) is 23.0. The van der Waals surface area contributed by atoms with Crippen LogP contribution in [0.5, 0.6) is 0 Å². The van der Waals surface area contributed by atoms with Gasteiger partial charge in [0.15, 0.2) is 12.1 Å². The second-order valence-corrected chi connectivity index (χ2v) is 6.52. The molecule has 1 amide bonds. The first-order valence-electron chi connectivity index (χ1n) is 8.53. The summed E-state index contributed by atoms with van der Waals surface area (Å²) in [5.41, 5.74) is 0.414. The highest BCUT2D eigenvalue weighted by Crippen LogP contribution is 2.41. The molecule has 1 saturated carbocycles. The van der Waals surface area contributed by atoms with Gasteiger partial charge in [0.1, 0.15) is 17.9 Å². The third-order valence-corrected chi connectivity index (χ3v) is 4.83. The first kappa shape index (κ1) is 16.0. The van der Waals surface area contributed by atoms with Gasteiger partial charge in [-0.1, -0.05) is 0 Å². The zero-order valence-electron chi connectivity index (χ0n) is 14.1. The van der Waals surface area contributed by atoms with E-state index in [-0.39, 0.29) is 18.1 Å². The number of rotatable bonds is 6. The van der Waals surface area contributed by atoms with E-state index in [1.54, 1.807) is 13.3 Å². The molecular weight excluding hydrogens is 322 g/mol. The molecule has 25 heavy (non-hydrogen) atoms. The number of amides is 1. The number of aromatic nitrogens is 3. The minimum absolute atomic E-state index is 0.111. The molecule has 0 unspecified atom stereocenters. The zero-order valence-corrected chi connectivity index (χ0v) is 14.1. The van der Waals surface area contributed by atoms with Gasteiger partial charge in [0.05, 0.1) is 12.1 Å². The number of hydrogen-bond acceptors (Lipinski definition) is 7. The Balaban J connectivity index is 1.43. The van der Waals surface area contributed by atoms with E-state index in [1.165, 1.54) is 12.7 Å². The molecule has 1 saturated heterocycles. The second-order valence-electron chi connectivity index (χ2n) is 6.52. The molecule has 8 heteroatoms. The summed E-state index contributed by atoms with van der Waals surface area (Å²) in [4.78, 5) is 27.0. The number of methoxy groups -OCH3 is 1. The molecule has 4 rings (SSSR count). The lowest BCUT2D eigenvalue weighted by Gasteiger charge is -2.25. The van der Waals surface area contributed by atoms with Crippen molar-refractivity contribution in [1.82, 2.24) is 20.3 Å². The summed E-state index contributed by atoms with van der Waals surface area (Å²) in [5.74, 6) is 1.73. The molecule has 0 spiro atoms. The predicted octanol–water partition coefficient (Wildman–Crippen LogP) is 1.37. The zero-order chi connectivity index (χ0) is 17.2. The van der Waals surface area contributed by atoms with Crippen molar-refractivity contribution in [2.75, 3.05) is 25.1 Å². The molecule has 1 aliphatic heterocycles. The van der Waals surface area contributed by atoms with Crippen molar-refractivity contribution in [2.24, 2.45) is 0 Å². The van der Waals surface area contributed by atoms with Crippen LogP contribution >= 0.6 is 0 Å². The average Bonchev–Trinajstić information content (AvgIpc) is 3.22. The quantitative estimate of drug-likeness (QED) is 0.846. The molecule has 1 aliphatic carbocycles. The molecular formula is C17H21N5O3. The van der Waals surface area contributed by atoms with E-state index in [1.807, 2.05) is 6.07 Å². The Kier molecular flexibility index (Phi) is 4.35. The van der Waals surface area contributed by atoms with Crippen LogP contribution in [0.25, 0.3) is 0 Å². The molecule has 2 fully saturated rings. The number of anilines is 1. The Morgan fingerprint density at radius 3 is 3.04 bits per heavy atom. The van der Waals surface area contributed by atoms with Crippen LogP contribution in [0.4, 0.5) is 5.82 Å². The number of carbonyl (C=O) groups is 1. The van der Waals surface area contributed by atoms with E-state index in [2.05, 4.69) is 25.2 Å². The van der Waals surface area contributed by atoms with Crippen LogP contribution in [0.1, 0.15) is 41.4 Å². The van der Waals surface area contributed by atoms with Crippen molar-refractivity contribution < 1.29 is 13.9 Å². The van der Waals surface area contributed by atoms with Gasteiger partial charge in [-0.15, -0.1) is 0 Å². The van der Waals surface area contributed by atoms with Gasteiger partial charge >= 0.3 is 0 Å². The molecule has 2 atom stereocenters. The van der Waals surface area contributed by atoms with Crippen LogP contribution in [0.2, 0.25) is 0 Å². The molecule has 0 bridgehead atoms. The van der Waals surface area contributed by atoms with Crippen molar-refractivity contribution in [2.45, 2.75) is 37.3 Å². The lowest BCUT2D eigenvalue weighted by molar-refractivity contribution is 0.0940. The second kappa shape index (κ2) is 6.79. The number of hydrogen-bond donors (Lipinski definition) is 1. The molecule has 1 N–H and O–H groups in total. The molecule has 132 valence electrons. The Morgan fingerprint density at radius 1 is 1.44 bits per heavy atom. The fourth-order valence-corrected chi connectivity index (χ4v) is 3.33.